The molecule has 0 bridgehead atoms. The summed E-state index contributed by atoms with van der Waals surface area (Å²) >= 11 is 1.72. The summed E-state index contributed by atoms with van der Waals surface area (Å²) in [6, 6.07) is 0. The first kappa shape index (κ1) is 32.3. The number of hydrogen-bond acceptors (Lipinski definition) is 8. The van der Waals surface area contributed by atoms with Gasteiger partial charge in [-0.15, -0.1) is 11.3 Å². The minimum Gasteiger partial charge on any atom is -0.443 e. The molecule has 4 aromatic rings. The molecule has 1 saturated carbocycles. The highest BCUT2D eigenvalue weighted by molar-refractivity contribution is 7.19. The maximum atomic E-state index is 14.2. The van der Waals surface area contributed by atoms with Crippen LogP contribution in [-0.2, 0) is 14.3 Å². The van der Waals surface area contributed by atoms with Gasteiger partial charge in [0.1, 0.15) is 16.8 Å². The Hall–Kier alpha value is -3.28. The minimum atomic E-state index is -0.655. The van der Waals surface area contributed by atoms with Crippen LogP contribution >= 0.6 is 11.3 Å². The van der Waals surface area contributed by atoms with Crippen LogP contribution < -0.4 is 5.32 Å². The van der Waals surface area contributed by atoms with Crippen LogP contribution in [0.2, 0.25) is 0 Å². The maximum Gasteiger partial charge on any atom is 0.420 e. The molecule has 3 aliphatic rings. The number of carbonyl (C=O) groups is 2. The number of hydrogen-bond donors (Lipinski definition) is 1. The number of aryl methyl sites for hydroxylation is 2. The van der Waals surface area contributed by atoms with E-state index in [1.807, 2.05) is 31.5 Å². The van der Waals surface area contributed by atoms with Crippen LogP contribution in [0.1, 0.15) is 99.3 Å². The molecular formula is C36H48N6O4S. The first-order valence-electron chi connectivity index (χ1n) is 17.1. The van der Waals surface area contributed by atoms with Crippen molar-refractivity contribution in [1.82, 2.24) is 29.4 Å². The fraction of sp³-hybridized carbons (Fsp3) is 0.611. The van der Waals surface area contributed by atoms with Crippen molar-refractivity contribution in [3.63, 3.8) is 0 Å². The van der Waals surface area contributed by atoms with Crippen LogP contribution in [-0.4, -0.2) is 80.1 Å². The number of pyridine rings is 1. The second-order valence-electron chi connectivity index (χ2n) is 15.2. The molecule has 1 amide bonds. The molecule has 11 heteroatoms. The second kappa shape index (κ2) is 11.7. The van der Waals surface area contributed by atoms with E-state index in [4.69, 9.17) is 9.47 Å². The van der Waals surface area contributed by atoms with Crippen molar-refractivity contribution in [1.29, 1.82) is 0 Å². The van der Waals surface area contributed by atoms with Gasteiger partial charge in [-0.2, -0.15) is 5.10 Å². The Morgan fingerprint density at radius 1 is 1.11 bits per heavy atom. The van der Waals surface area contributed by atoms with E-state index in [0.717, 1.165) is 102 Å². The van der Waals surface area contributed by atoms with E-state index in [1.165, 1.54) is 10.4 Å². The summed E-state index contributed by atoms with van der Waals surface area (Å²) in [4.78, 5) is 36.4. The number of piperidine rings is 1. The zero-order valence-electron chi connectivity index (χ0n) is 29.0. The summed E-state index contributed by atoms with van der Waals surface area (Å²) in [6.45, 7) is 20.5. The molecule has 252 valence electrons. The van der Waals surface area contributed by atoms with E-state index in [9.17, 15) is 9.59 Å². The smallest absolute Gasteiger partial charge is 0.420 e. The summed E-state index contributed by atoms with van der Waals surface area (Å²) in [5.74, 6) is 0.842. The average molecular weight is 661 g/mol. The fourth-order valence-electron chi connectivity index (χ4n) is 8.07. The van der Waals surface area contributed by atoms with Crippen molar-refractivity contribution in [2.24, 2.45) is 5.92 Å². The van der Waals surface area contributed by atoms with Gasteiger partial charge in [0.2, 0.25) is 5.91 Å². The standard InChI is InChI=1S/C36H48N6O4S/c1-20(2)27-28-23(5)30(24-9-12-40(13-10-24)32(43)25-15-36(16-25)18-37-11-14-45-36)47-33(28)42(34(44)46-35(6,7)8)29(27)26-17-41-31(38-19-39-41)22(4)21(26)3/h17,19-20,24-25,37H,9-16,18H2,1-8H3. The lowest BCUT2D eigenvalue weighted by atomic mass is 9.69. The van der Waals surface area contributed by atoms with Gasteiger partial charge >= 0.3 is 6.09 Å². The van der Waals surface area contributed by atoms with Crippen molar-refractivity contribution in [3.05, 3.63) is 39.7 Å². The number of nitrogens with one attached hydrogen (secondary N) is 1. The van der Waals surface area contributed by atoms with Gasteiger partial charge in [0, 0.05) is 54.1 Å². The summed E-state index contributed by atoms with van der Waals surface area (Å²) in [5.41, 5.74) is 6.35. The van der Waals surface area contributed by atoms with Gasteiger partial charge in [-0.1, -0.05) is 13.8 Å². The fourth-order valence-corrected chi connectivity index (χ4v) is 9.56. The summed E-state index contributed by atoms with van der Waals surface area (Å²) in [7, 11) is 0. The Morgan fingerprint density at radius 3 is 2.47 bits per heavy atom. The lowest BCUT2D eigenvalue weighted by Crippen LogP contribution is -2.60. The Labute approximate surface area is 280 Å². The summed E-state index contributed by atoms with van der Waals surface area (Å²) < 4.78 is 15.8. The summed E-state index contributed by atoms with van der Waals surface area (Å²) in [5, 5.41) is 9.03. The minimum absolute atomic E-state index is 0.0714. The topological polar surface area (TPSA) is 103 Å². The Bertz CT molecular complexity index is 1860. The maximum absolute atomic E-state index is 14.2. The zero-order valence-corrected chi connectivity index (χ0v) is 29.8. The number of carbonyl (C=O) groups excluding carboxylic acids is 2. The first-order valence-corrected chi connectivity index (χ1v) is 17.9. The van der Waals surface area contributed by atoms with Crippen molar-refractivity contribution in [3.8, 4) is 11.3 Å². The molecule has 0 aromatic carbocycles. The number of amides is 1. The molecule has 3 fully saturated rings. The molecule has 0 atom stereocenters. The average Bonchev–Trinajstić information content (AvgIpc) is 3.70. The number of fused-ring (bicyclic) bond motifs is 2. The lowest BCUT2D eigenvalue weighted by molar-refractivity contribution is -0.168. The quantitative estimate of drug-likeness (QED) is 0.259. The molecule has 6 heterocycles. The monoisotopic (exact) mass is 660 g/mol. The Kier molecular flexibility index (Phi) is 8.03. The number of ether oxygens (including phenoxy) is 2. The highest BCUT2D eigenvalue weighted by Gasteiger charge is 2.50. The molecule has 0 unspecified atom stereocenters. The SMILES string of the molecule is Cc1c(-c2c(C(C)C)c3c(C)c(C4CCN(C(=O)C5CC6(CNCCO6)C5)CC4)sc3n2C(=O)OC(C)(C)C)cn2ncnc2c1C. The number of likely N-dealkylation sites (tertiary alicyclic amines) is 1. The summed E-state index contributed by atoms with van der Waals surface area (Å²) in [6.07, 6.45) is 6.69. The number of aromatic nitrogens is 4. The highest BCUT2D eigenvalue weighted by atomic mass is 32.1. The third-order valence-electron chi connectivity index (χ3n) is 10.5. The number of rotatable bonds is 4. The number of thiophene rings is 1. The van der Waals surface area contributed by atoms with Crippen LogP contribution in [0.25, 0.3) is 27.1 Å². The predicted molar refractivity (Wildman–Crippen MR) is 185 cm³/mol. The predicted octanol–water partition coefficient (Wildman–Crippen LogP) is 6.72. The molecule has 1 aliphatic carbocycles. The van der Waals surface area contributed by atoms with Crippen molar-refractivity contribution >= 4 is 39.2 Å². The number of morpholine rings is 1. The molecule has 2 aliphatic heterocycles. The normalized spacial score (nSPS) is 22.5. The van der Waals surface area contributed by atoms with E-state index < -0.39 is 5.60 Å². The van der Waals surface area contributed by atoms with Crippen molar-refractivity contribution < 1.29 is 19.1 Å². The number of nitrogens with zero attached hydrogens (tertiary/aromatic N) is 5. The van der Waals surface area contributed by atoms with E-state index in [1.54, 1.807) is 22.2 Å². The van der Waals surface area contributed by atoms with Crippen LogP contribution in [0, 0.1) is 26.7 Å². The largest absolute Gasteiger partial charge is 0.443 e. The van der Waals surface area contributed by atoms with Crippen molar-refractivity contribution in [2.75, 3.05) is 32.8 Å². The van der Waals surface area contributed by atoms with E-state index in [0.29, 0.717) is 5.92 Å². The molecule has 0 radical (unpaired) electrons. The van der Waals surface area contributed by atoms with Gasteiger partial charge < -0.3 is 19.7 Å². The molecule has 4 aromatic heterocycles. The van der Waals surface area contributed by atoms with Gasteiger partial charge in [-0.05, 0) is 101 Å². The molecule has 2 saturated heterocycles. The van der Waals surface area contributed by atoms with Gasteiger partial charge in [0.25, 0.3) is 0 Å². The first-order chi connectivity index (χ1) is 22.3. The van der Waals surface area contributed by atoms with Gasteiger partial charge in [0.15, 0.2) is 5.65 Å². The van der Waals surface area contributed by atoms with Crippen LogP contribution in [0.5, 0.6) is 0 Å². The molecular weight excluding hydrogens is 613 g/mol. The van der Waals surface area contributed by atoms with Gasteiger partial charge in [-0.3, -0.25) is 4.79 Å². The molecule has 1 N–H and O–H groups in total. The van der Waals surface area contributed by atoms with Crippen LogP contribution in [0.4, 0.5) is 4.79 Å². The Balaban J connectivity index is 1.24. The van der Waals surface area contributed by atoms with Crippen molar-refractivity contribution in [2.45, 2.75) is 104 Å². The zero-order chi connectivity index (χ0) is 33.4. The van der Waals surface area contributed by atoms with E-state index >= 15 is 0 Å². The van der Waals surface area contributed by atoms with Crippen LogP contribution in [0.3, 0.4) is 0 Å². The van der Waals surface area contributed by atoms with Gasteiger partial charge in [-0.25, -0.2) is 18.9 Å². The third kappa shape index (κ3) is 5.48. The van der Waals surface area contributed by atoms with Gasteiger partial charge in [0.05, 0.1) is 17.9 Å². The lowest BCUT2D eigenvalue weighted by Gasteiger charge is -2.50. The molecule has 1 spiro atoms. The molecule has 47 heavy (non-hydrogen) atoms. The second-order valence-corrected chi connectivity index (χ2v) is 16.3. The molecule has 7 rings (SSSR count). The van der Waals surface area contributed by atoms with E-state index in [-0.39, 0.29) is 29.4 Å². The third-order valence-corrected chi connectivity index (χ3v) is 12.0. The highest BCUT2D eigenvalue weighted by Crippen LogP contribution is 2.49. The van der Waals surface area contributed by atoms with Crippen LogP contribution in [0.15, 0.2) is 12.5 Å². The Morgan fingerprint density at radius 2 is 1.83 bits per heavy atom. The molecule has 10 nitrogen and oxygen atoms in total. The van der Waals surface area contributed by atoms with E-state index in [2.05, 4.69) is 54.9 Å².